The van der Waals surface area contributed by atoms with E-state index in [4.69, 9.17) is 10.2 Å². The first-order chi connectivity index (χ1) is 8.12. The van der Waals surface area contributed by atoms with Crippen LogP contribution in [0.5, 0.6) is 0 Å². The van der Waals surface area contributed by atoms with Crippen LogP contribution in [0.4, 0.5) is 0 Å². The van der Waals surface area contributed by atoms with Crippen molar-refractivity contribution in [2.24, 2.45) is 5.41 Å². The van der Waals surface area contributed by atoms with Crippen LogP contribution in [0.25, 0.3) is 0 Å². The van der Waals surface area contributed by atoms with Crippen molar-refractivity contribution in [1.29, 1.82) is 0 Å². The van der Waals surface area contributed by atoms with Gasteiger partial charge in [0.15, 0.2) is 0 Å². The number of hydrogen-bond acceptors (Lipinski definition) is 3. The number of amides is 1. The zero-order chi connectivity index (χ0) is 12.5. The summed E-state index contributed by atoms with van der Waals surface area (Å²) in [6.07, 6.45) is 4.48. The number of aliphatic hydroxyl groups is 1. The third kappa shape index (κ3) is 2.16. The third-order valence-corrected chi connectivity index (χ3v) is 3.90. The van der Waals surface area contributed by atoms with Crippen molar-refractivity contribution in [3.8, 4) is 0 Å². The monoisotopic (exact) mass is 241 g/mol. The zero-order valence-corrected chi connectivity index (χ0v) is 9.89. The Bertz CT molecular complexity index is 320. The van der Waals surface area contributed by atoms with Gasteiger partial charge in [-0.05, 0) is 38.5 Å². The molecule has 0 saturated heterocycles. The van der Waals surface area contributed by atoms with Crippen molar-refractivity contribution in [3.63, 3.8) is 0 Å². The molecule has 2 rings (SSSR count). The molecule has 0 unspecified atom stereocenters. The van der Waals surface area contributed by atoms with Crippen LogP contribution in [-0.2, 0) is 9.59 Å². The highest BCUT2D eigenvalue weighted by Gasteiger charge is 2.59. The molecule has 17 heavy (non-hydrogen) atoms. The van der Waals surface area contributed by atoms with Crippen molar-refractivity contribution in [3.05, 3.63) is 0 Å². The molecule has 1 amide bonds. The molecule has 5 heteroatoms. The van der Waals surface area contributed by atoms with Crippen LogP contribution in [0.1, 0.15) is 38.5 Å². The van der Waals surface area contributed by atoms with Crippen LogP contribution in [0.15, 0.2) is 0 Å². The lowest BCUT2D eigenvalue weighted by Gasteiger charge is -2.39. The van der Waals surface area contributed by atoms with Gasteiger partial charge in [-0.25, -0.2) is 0 Å². The number of aliphatic hydroxyl groups excluding tert-OH is 1. The van der Waals surface area contributed by atoms with Gasteiger partial charge in [0.25, 0.3) is 0 Å². The minimum absolute atomic E-state index is 0.0383. The van der Waals surface area contributed by atoms with E-state index in [2.05, 4.69) is 0 Å². The third-order valence-electron chi connectivity index (χ3n) is 3.90. The molecule has 2 fully saturated rings. The van der Waals surface area contributed by atoms with Gasteiger partial charge in [-0.2, -0.15) is 0 Å². The molecule has 0 aromatic heterocycles. The molecule has 0 atom stereocenters. The molecule has 96 valence electrons. The van der Waals surface area contributed by atoms with Crippen molar-refractivity contribution >= 4 is 11.9 Å². The molecule has 0 aromatic carbocycles. The van der Waals surface area contributed by atoms with Gasteiger partial charge in [0.2, 0.25) is 5.91 Å². The van der Waals surface area contributed by atoms with Crippen molar-refractivity contribution in [1.82, 2.24) is 4.90 Å². The second kappa shape index (κ2) is 4.64. The van der Waals surface area contributed by atoms with Crippen molar-refractivity contribution in [2.75, 3.05) is 13.2 Å². The largest absolute Gasteiger partial charge is 0.480 e. The highest BCUT2D eigenvalue weighted by Crippen LogP contribution is 2.48. The van der Waals surface area contributed by atoms with E-state index in [0.717, 1.165) is 19.3 Å². The second-order valence-electron chi connectivity index (χ2n) is 5.05. The molecule has 5 nitrogen and oxygen atoms in total. The molecular formula is C12H19NO4. The number of carbonyl (C=O) groups excluding carboxylic acids is 1. The van der Waals surface area contributed by atoms with Crippen LogP contribution < -0.4 is 0 Å². The number of carboxylic acid groups (broad SMARTS) is 1. The molecule has 0 bridgehead atoms. The summed E-state index contributed by atoms with van der Waals surface area (Å²) in [7, 11) is 0. The Morgan fingerprint density at radius 2 is 1.94 bits per heavy atom. The van der Waals surface area contributed by atoms with Crippen LogP contribution in [0, 0.1) is 5.41 Å². The zero-order valence-electron chi connectivity index (χ0n) is 9.89. The van der Waals surface area contributed by atoms with Crippen molar-refractivity contribution in [2.45, 2.75) is 44.6 Å². The van der Waals surface area contributed by atoms with Gasteiger partial charge in [-0.1, -0.05) is 0 Å². The summed E-state index contributed by atoms with van der Waals surface area (Å²) in [5.41, 5.74) is -1.13. The van der Waals surface area contributed by atoms with E-state index >= 15 is 0 Å². The summed E-state index contributed by atoms with van der Waals surface area (Å²) in [5.74, 6) is -1.22. The van der Waals surface area contributed by atoms with E-state index in [9.17, 15) is 9.59 Å². The van der Waals surface area contributed by atoms with Crippen molar-refractivity contribution < 1.29 is 19.8 Å². The van der Waals surface area contributed by atoms with Gasteiger partial charge in [0.05, 0.1) is 0 Å². The average Bonchev–Trinajstić information content (AvgIpc) is 3.01. The van der Waals surface area contributed by atoms with E-state index in [-0.39, 0.29) is 18.6 Å². The molecular weight excluding hydrogens is 222 g/mol. The highest BCUT2D eigenvalue weighted by atomic mass is 16.4. The number of carbonyl (C=O) groups is 2. The normalized spacial score (nSPS) is 21.7. The first-order valence-corrected chi connectivity index (χ1v) is 6.27. The van der Waals surface area contributed by atoms with Crippen LogP contribution in [0.2, 0.25) is 0 Å². The standard InChI is InChI=1S/C12H19NO4/c14-8-2-7-13(9-3-1-4-9)10(15)12(5-6-12)11(16)17/h9,14H,1-8H2,(H,16,17). The number of hydrogen-bond donors (Lipinski definition) is 2. The molecule has 2 aliphatic rings. The number of carboxylic acids is 1. The summed E-state index contributed by atoms with van der Waals surface area (Å²) in [6, 6.07) is 0.200. The van der Waals surface area contributed by atoms with E-state index in [1.54, 1.807) is 4.90 Å². The SMILES string of the molecule is O=C(O)C1(C(=O)N(CCCO)C2CCC2)CC1. The molecule has 0 radical (unpaired) electrons. The predicted octanol–water partition coefficient (Wildman–Crippen LogP) is 0.615. The van der Waals surface area contributed by atoms with Gasteiger partial charge in [0.1, 0.15) is 5.41 Å². The lowest BCUT2D eigenvalue weighted by atomic mass is 9.89. The fourth-order valence-corrected chi connectivity index (χ4v) is 2.31. The quantitative estimate of drug-likeness (QED) is 0.668. The Balaban J connectivity index is 2.04. The highest BCUT2D eigenvalue weighted by molar-refractivity contribution is 6.05. The Hall–Kier alpha value is -1.10. The summed E-state index contributed by atoms with van der Waals surface area (Å²) in [4.78, 5) is 25.1. The van der Waals surface area contributed by atoms with Crippen LogP contribution in [-0.4, -0.2) is 46.2 Å². The van der Waals surface area contributed by atoms with Gasteiger partial charge in [0, 0.05) is 19.2 Å². The molecule has 0 aromatic rings. The maximum absolute atomic E-state index is 12.3. The maximum atomic E-state index is 12.3. The molecule has 0 heterocycles. The fraction of sp³-hybridized carbons (Fsp3) is 0.833. The average molecular weight is 241 g/mol. The second-order valence-corrected chi connectivity index (χ2v) is 5.05. The topological polar surface area (TPSA) is 77.8 Å². The van der Waals surface area contributed by atoms with Gasteiger partial charge >= 0.3 is 5.97 Å². The minimum Gasteiger partial charge on any atom is -0.480 e. The molecule has 0 spiro atoms. The minimum atomic E-state index is -1.13. The molecule has 0 aliphatic heterocycles. The number of aliphatic carboxylic acids is 1. The molecule has 2 saturated carbocycles. The lowest BCUT2D eigenvalue weighted by molar-refractivity contribution is -0.155. The fourth-order valence-electron chi connectivity index (χ4n) is 2.31. The number of nitrogens with zero attached hydrogens (tertiary/aromatic N) is 1. The lowest BCUT2D eigenvalue weighted by Crippen LogP contribution is -2.49. The first kappa shape index (κ1) is 12.4. The summed E-state index contributed by atoms with van der Waals surface area (Å²) in [5, 5.41) is 18.0. The summed E-state index contributed by atoms with van der Waals surface area (Å²) < 4.78 is 0. The van der Waals surface area contributed by atoms with E-state index in [1.807, 2.05) is 0 Å². The first-order valence-electron chi connectivity index (χ1n) is 6.27. The Kier molecular flexibility index (Phi) is 3.38. The number of rotatable bonds is 6. The van der Waals surface area contributed by atoms with Crippen LogP contribution >= 0.6 is 0 Å². The molecule has 2 aliphatic carbocycles. The summed E-state index contributed by atoms with van der Waals surface area (Å²) >= 11 is 0. The Morgan fingerprint density at radius 1 is 1.29 bits per heavy atom. The maximum Gasteiger partial charge on any atom is 0.319 e. The smallest absolute Gasteiger partial charge is 0.319 e. The van der Waals surface area contributed by atoms with E-state index in [0.29, 0.717) is 25.8 Å². The van der Waals surface area contributed by atoms with Crippen LogP contribution in [0.3, 0.4) is 0 Å². The Labute approximate surface area is 100 Å². The predicted molar refractivity (Wildman–Crippen MR) is 60.4 cm³/mol. The Morgan fingerprint density at radius 3 is 2.29 bits per heavy atom. The van der Waals surface area contributed by atoms with E-state index < -0.39 is 11.4 Å². The van der Waals surface area contributed by atoms with E-state index in [1.165, 1.54) is 0 Å². The summed E-state index contributed by atoms with van der Waals surface area (Å²) in [6.45, 7) is 0.519. The van der Waals surface area contributed by atoms with Gasteiger partial charge in [-0.15, -0.1) is 0 Å². The van der Waals surface area contributed by atoms with Gasteiger partial charge in [-0.3, -0.25) is 9.59 Å². The van der Waals surface area contributed by atoms with Gasteiger partial charge < -0.3 is 15.1 Å². The molecule has 2 N–H and O–H groups in total.